The molecule has 0 atom stereocenters. The van der Waals surface area contributed by atoms with E-state index in [0.717, 1.165) is 109 Å². The molecule has 2 fully saturated rings. The van der Waals surface area contributed by atoms with E-state index in [1.807, 2.05) is 0 Å². The van der Waals surface area contributed by atoms with Crippen molar-refractivity contribution in [1.29, 1.82) is 0 Å². The lowest BCUT2D eigenvalue weighted by Gasteiger charge is -2.35. The Labute approximate surface area is 354 Å². The van der Waals surface area contributed by atoms with Crippen molar-refractivity contribution in [2.75, 3.05) is 91.8 Å². The zero-order chi connectivity index (χ0) is 41.7. The van der Waals surface area contributed by atoms with E-state index in [1.54, 1.807) is 0 Å². The van der Waals surface area contributed by atoms with Gasteiger partial charge in [0.15, 0.2) is 0 Å². The third kappa shape index (κ3) is 13.5. The molecule has 0 spiro atoms. The molecule has 0 radical (unpaired) electrons. The van der Waals surface area contributed by atoms with Gasteiger partial charge in [-0.3, -0.25) is 0 Å². The SMILES string of the molecule is Cc1ccc(OCCCN2CCN(CCCOc3cc(C(C)(C)c4cc(C)ccc4OCCCCCCN4CCNCC4)c(C)cc3C(C)(C)C)CC2)c(C(C)C)c1. The summed E-state index contributed by atoms with van der Waals surface area (Å²) in [5.74, 6) is 3.55. The number of unbranched alkanes of at least 4 members (excludes halogenated alkanes) is 3. The Morgan fingerprint density at radius 1 is 0.534 bits per heavy atom. The fourth-order valence-electron chi connectivity index (χ4n) is 8.81. The second-order valence-electron chi connectivity index (χ2n) is 19.2. The third-order valence-corrected chi connectivity index (χ3v) is 12.5. The molecule has 2 heterocycles. The van der Waals surface area contributed by atoms with Crippen molar-refractivity contribution in [2.45, 2.75) is 125 Å². The summed E-state index contributed by atoms with van der Waals surface area (Å²) in [6.45, 7) is 37.4. The molecule has 0 unspecified atom stereocenters. The lowest BCUT2D eigenvalue weighted by Crippen LogP contribution is -2.47. The van der Waals surface area contributed by atoms with Crippen molar-refractivity contribution in [3.8, 4) is 17.2 Å². The van der Waals surface area contributed by atoms with Gasteiger partial charge in [0.2, 0.25) is 0 Å². The van der Waals surface area contributed by atoms with Crippen molar-refractivity contribution in [1.82, 2.24) is 20.0 Å². The van der Waals surface area contributed by atoms with Crippen LogP contribution in [0.3, 0.4) is 0 Å². The minimum Gasteiger partial charge on any atom is -0.493 e. The quantitative estimate of drug-likeness (QED) is 0.108. The highest BCUT2D eigenvalue weighted by molar-refractivity contribution is 5.54. The Hall–Kier alpha value is -3.10. The molecular formula is C51H80N4O3. The van der Waals surface area contributed by atoms with E-state index in [1.165, 1.54) is 77.8 Å². The molecule has 7 nitrogen and oxygen atoms in total. The smallest absolute Gasteiger partial charge is 0.123 e. The molecule has 0 aliphatic carbocycles. The predicted molar refractivity (Wildman–Crippen MR) is 245 cm³/mol. The topological polar surface area (TPSA) is 49.4 Å². The number of nitrogens with zero attached hydrogens (tertiary/aromatic N) is 3. The van der Waals surface area contributed by atoms with Gasteiger partial charge in [0.1, 0.15) is 17.2 Å². The van der Waals surface area contributed by atoms with Crippen LogP contribution in [0, 0.1) is 20.8 Å². The first-order valence-electron chi connectivity index (χ1n) is 22.9. The first-order chi connectivity index (χ1) is 27.7. The molecular weight excluding hydrogens is 717 g/mol. The normalized spacial score (nSPS) is 16.3. The van der Waals surface area contributed by atoms with Crippen LogP contribution in [-0.4, -0.2) is 107 Å². The number of piperazine rings is 2. The van der Waals surface area contributed by atoms with E-state index in [2.05, 4.69) is 138 Å². The van der Waals surface area contributed by atoms with Crippen LogP contribution in [0.4, 0.5) is 0 Å². The Bertz CT molecular complexity index is 1700. The average Bonchev–Trinajstić information content (AvgIpc) is 3.19. The third-order valence-electron chi connectivity index (χ3n) is 12.5. The standard InChI is InChI=1S/C51H80N4O3/c1-39(2)43-35-40(3)17-19-47(43)56-33-15-24-54-28-30-55(31-29-54)25-16-34-58-49-38-44(42(5)37-45(49)50(6,7)8)51(9,10)46-36-41(4)18-20-48(46)57-32-14-12-11-13-23-53-26-21-52-22-27-53/h17-20,35-39,52H,11-16,21-34H2,1-10H3. The fraction of sp³-hybridized carbons (Fsp3) is 0.647. The first kappa shape index (κ1) is 46.0. The second kappa shape index (κ2) is 21.9. The molecule has 3 aromatic rings. The molecule has 7 heteroatoms. The molecule has 5 rings (SSSR count). The summed E-state index contributed by atoms with van der Waals surface area (Å²) in [5.41, 5.74) is 8.73. The lowest BCUT2D eigenvalue weighted by molar-refractivity contribution is 0.120. The summed E-state index contributed by atoms with van der Waals surface area (Å²) in [7, 11) is 0. The number of ether oxygens (including phenoxy) is 3. The molecule has 2 aliphatic rings. The molecule has 3 aromatic carbocycles. The Morgan fingerprint density at radius 3 is 1.67 bits per heavy atom. The number of nitrogens with one attached hydrogen (secondary N) is 1. The first-order valence-corrected chi connectivity index (χ1v) is 22.9. The highest BCUT2D eigenvalue weighted by atomic mass is 16.5. The van der Waals surface area contributed by atoms with Crippen molar-refractivity contribution in [2.24, 2.45) is 0 Å². The second-order valence-corrected chi connectivity index (χ2v) is 19.2. The van der Waals surface area contributed by atoms with Crippen molar-refractivity contribution >= 4 is 0 Å². The summed E-state index contributed by atoms with van der Waals surface area (Å²) in [5, 5.41) is 3.45. The number of rotatable bonds is 21. The van der Waals surface area contributed by atoms with E-state index in [-0.39, 0.29) is 10.8 Å². The molecule has 2 saturated heterocycles. The lowest BCUT2D eigenvalue weighted by atomic mass is 9.73. The van der Waals surface area contributed by atoms with Crippen molar-refractivity contribution in [3.05, 3.63) is 87.5 Å². The molecule has 58 heavy (non-hydrogen) atoms. The van der Waals surface area contributed by atoms with Crippen LogP contribution in [0.5, 0.6) is 17.2 Å². The minimum atomic E-state index is -0.257. The number of hydrogen-bond acceptors (Lipinski definition) is 7. The van der Waals surface area contributed by atoms with Gasteiger partial charge in [0.25, 0.3) is 0 Å². The average molecular weight is 797 g/mol. The van der Waals surface area contributed by atoms with Crippen LogP contribution in [0.2, 0.25) is 0 Å². The van der Waals surface area contributed by atoms with E-state index in [4.69, 9.17) is 14.2 Å². The maximum absolute atomic E-state index is 6.75. The Balaban J connectivity index is 1.10. The number of benzene rings is 3. The maximum Gasteiger partial charge on any atom is 0.123 e. The van der Waals surface area contributed by atoms with Crippen LogP contribution in [0.25, 0.3) is 0 Å². The van der Waals surface area contributed by atoms with E-state index >= 15 is 0 Å². The molecule has 0 saturated carbocycles. The van der Waals surface area contributed by atoms with Gasteiger partial charge in [0, 0.05) is 76.4 Å². The van der Waals surface area contributed by atoms with Gasteiger partial charge >= 0.3 is 0 Å². The van der Waals surface area contributed by atoms with Crippen LogP contribution >= 0.6 is 0 Å². The zero-order valence-electron chi connectivity index (χ0n) is 38.4. The predicted octanol–water partition coefficient (Wildman–Crippen LogP) is 10.1. The van der Waals surface area contributed by atoms with E-state index in [0.29, 0.717) is 5.92 Å². The molecule has 1 N–H and O–H groups in total. The Morgan fingerprint density at radius 2 is 1.05 bits per heavy atom. The molecule has 322 valence electrons. The summed E-state index contributed by atoms with van der Waals surface area (Å²) in [6, 6.07) is 18.0. The zero-order valence-corrected chi connectivity index (χ0v) is 38.4. The van der Waals surface area contributed by atoms with Gasteiger partial charge in [-0.1, -0.05) is 103 Å². The molecule has 2 aliphatic heterocycles. The van der Waals surface area contributed by atoms with Crippen LogP contribution in [0.1, 0.15) is 132 Å². The van der Waals surface area contributed by atoms with Gasteiger partial charge in [-0.2, -0.15) is 0 Å². The van der Waals surface area contributed by atoms with Crippen LogP contribution < -0.4 is 19.5 Å². The van der Waals surface area contributed by atoms with Crippen LogP contribution in [-0.2, 0) is 10.8 Å². The van der Waals surface area contributed by atoms with Crippen LogP contribution in [0.15, 0.2) is 48.5 Å². The summed E-state index contributed by atoms with van der Waals surface area (Å²) < 4.78 is 19.6. The fourth-order valence-corrected chi connectivity index (χ4v) is 8.81. The monoisotopic (exact) mass is 797 g/mol. The molecule has 0 amide bonds. The summed E-state index contributed by atoms with van der Waals surface area (Å²) in [6.07, 6.45) is 6.92. The summed E-state index contributed by atoms with van der Waals surface area (Å²) in [4.78, 5) is 7.80. The maximum atomic E-state index is 6.75. The minimum absolute atomic E-state index is 0.0242. The van der Waals surface area contributed by atoms with Gasteiger partial charge in [-0.15, -0.1) is 0 Å². The van der Waals surface area contributed by atoms with Crippen molar-refractivity contribution in [3.63, 3.8) is 0 Å². The number of aryl methyl sites for hydroxylation is 3. The van der Waals surface area contributed by atoms with Gasteiger partial charge in [-0.25, -0.2) is 0 Å². The van der Waals surface area contributed by atoms with Crippen molar-refractivity contribution < 1.29 is 14.2 Å². The highest BCUT2D eigenvalue weighted by Gasteiger charge is 2.31. The van der Waals surface area contributed by atoms with Gasteiger partial charge in [0.05, 0.1) is 19.8 Å². The van der Waals surface area contributed by atoms with Gasteiger partial charge < -0.3 is 34.2 Å². The van der Waals surface area contributed by atoms with Gasteiger partial charge in [-0.05, 0) is 105 Å². The van der Waals surface area contributed by atoms with E-state index in [9.17, 15) is 0 Å². The van der Waals surface area contributed by atoms with E-state index < -0.39 is 0 Å². The largest absolute Gasteiger partial charge is 0.493 e. The summed E-state index contributed by atoms with van der Waals surface area (Å²) >= 11 is 0. The highest BCUT2D eigenvalue weighted by Crippen LogP contribution is 2.43. The molecule has 0 bridgehead atoms. The molecule has 0 aromatic heterocycles. The number of hydrogen-bond donors (Lipinski definition) is 1. The Kier molecular flexibility index (Phi) is 17.4.